The SMILES string of the molecule is CC(=O)Nc1ccc2nn(C3CCC(CN4CCC5(CCN(C)CC5)CC4)CC3)cc2c1. The second-order valence-electron chi connectivity index (χ2n) is 10.8. The maximum absolute atomic E-state index is 11.3. The molecule has 2 saturated heterocycles. The fourth-order valence-corrected chi connectivity index (χ4v) is 6.27. The summed E-state index contributed by atoms with van der Waals surface area (Å²) in [5.41, 5.74) is 2.51. The Hall–Kier alpha value is -1.92. The van der Waals surface area contributed by atoms with Gasteiger partial charge >= 0.3 is 0 Å². The fourth-order valence-electron chi connectivity index (χ4n) is 6.27. The molecule has 0 unspecified atom stereocenters. The summed E-state index contributed by atoms with van der Waals surface area (Å²) in [6.45, 7) is 8.05. The van der Waals surface area contributed by atoms with Crippen LogP contribution < -0.4 is 5.32 Å². The molecule has 3 heterocycles. The van der Waals surface area contributed by atoms with Gasteiger partial charge in [0.15, 0.2) is 0 Å². The number of amides is 1. The van der Waals surface area contributed by atoms with Gasteiger partial charge in [-0.1, -0.05) is 0 Å². The first-order valence-electron chi connectivity index (χ1n) is 12.7. The summed E-state index contributed by atoms with van der Waals surface area (Å²) in [5.74, 6) is 0.805. The number of carbonyl (C=O) groups is 1. The molecule has 2 aliphatic heterocycles. The molecule has 1 amide bonds. The molecule has 1 N–H and O–H groups in total. The van der Waals surface area contributed by atoms with E-state index in [0.29, 0.717) is 11.5 Å². The van der Waals surface area contributed by atoms with Gasteiger partial charge in [0.2, 0.25) is 5.91 Å². The number of anilines is 1. The quantitative estimate of drug-likeness (QED) is 0.763. The highest BCUT2D eigenvalue weighted by Crippen LogP contribution is 2.41. The Labute approximate surface area is 192 Å². The van der Waals surface area contributed by atoms with Crippen molar-refractivity contribution >= 4 is 22.5 Å². The van der Waals surface area contributed by atoms with Gasteiger partial charge in [-0.25, -0.2) is 0 Å². The summed E-state index contributed by atoms with van der Waals surface area (Å²) in [6.07, 6.45) is 12.9. The van der Waals surface area contributed by atoms with E-state index in [1.165, 1.54) is 84.1 Å². The number of nitrogens with zero attached hydrogens (tertiary/aromatic N) is 4. The lowest BCUT2D eigenvalue weighted by Gasteiger charge is -2.47. The first kappa shape index (κ1) is 21.9. The average molecular weight is 438 g/mol. The Bertz CT molecular complexity index is 927. The maximum Gasteiger partial charge on any atom is 0.221 e. The monoisotopic (exact) mass is 437 g/mol. The van der Waals surface area contributed by atoms with E-state index >= 15 is 0 Å². The van der Waals surface area contributed by atoms with Crippen molar-refractivity contribution in [1.82, 2.24) is 19.6 Å². The first-order chi connectivity index (χ1) is 15.5. The van der Waals surface area contributed by atoms with Gasteiger partial charge in [0.1, 0.15) is 0 Å². The third-order valence-electron chi connectivity index (χ3n) is 8.51. The summed E-state index contributed by atoms with van der Waals surface area (Å²) in [5, 5.41) is 8.82. The Morgan fingerprint density at radius 1 is 1.06 bits per heavy atom. The van der Waals surface area contributed by atoms with E-state index in [9.17, 15) is 4.79 Å². The van der Waals surface area contributed by atoms with Crippen LogP contribution in [0.3, 0.4) is 0 Å². The smallest absolute Gasteiger partial charge is 0.221 e. The lowest BCUT2D eigenvalue weighted by Crippen LogP contribution is -2.47. The summed E-state index contributed by atoms with van der Waals surface area (Å²) >= 11 is 0. The minimum Gasteiger partial charge on any atom is -0.326 e. The van der Waals surface area contributed by atoms with Crippen molar-refractivity contribution in [1.29, 1.82) is 0 Å². The lowest BCUT2D eigenvalue weighted by atomic mass is 9.71. The van der Waals surface area contributed by atoms with Crippen molar-refractivity contribution in [3.8, 4) is 0 Å². The largest absolute Gasteiger partial charge is 0.326 e. The molecule has 174 valence electrons. The Balaban J connectivity index is 1.11. The Kier molecular flexibility index (Phi) is 6.26. The molecule has 1 aliphatic carbocycles. The topological polar surface area (TPSA) is 53.4 Å². The molecule has 5 rings (SSSR count). The van der Waals surface area contributed by atoms with Crippen LogP contribution in [0.1, 0.15) is 64.3 Å². The van der Waals surface area contributed by atoms with E-state index in [4.69, 9.17) is 5.10 Å². The van der Waals surface area contributed by atoms with Gasteiger partial charge in [0.25, 0.3) is 0 Å². The number of rotatable bonds is 4. The van der Waals surface area contributed by atoms with Gasteiger partial charge in [-0.2, -0.15) is 5.10 Å². The van der Waals surface area contributed by atoms with Crippen molar-refractivity contribution in [3.63, 3.8) is 0 Å². The predicted molar refractivity (Wildman–Crippen MR) is 130 cm³/mol. The molecule has 1 aromatic carbocycles. The molecule has 2 aromatic rings. The zero-order valence-corrected chi connectivity index (χ0v) is 19.9. The van der Waals surface area contributed by atoms with Crippen molar-refractivity contribution in [2.24, 2.45) is 11.3 Å². The van der Waals surface area contributed by atoms with E-state index in [2.05, 4.69) is 33.0 Å². The van der Waals surface area contributed by atoms with E-state index in [1.807, 2.05) is 18.2 Å². The summed E-state index contributed by atoms with van der Waals surface area (Å²) in [7, 11) is 2.27. The molecule has 3 fully saturated rings. The second kappa shape index (κ2) is 9.14. The van der Waals surface area contributed by atoms with E-state index in [1.54, 1.807) is 6.92 Å². The highest BCUT2D eigenvalue weighted by Gasteiger charge is 2.37. The van der Waals surface area contributed by atoms with Crippen LogP contribution in [0.25, 0.3) is 10.9 Å². The van der Waals surface area contributed by atoms with Crippen LogP contribution in [0.15, 0.2) is 24.4 Å². The Morgan fingerprint density at radius 3 is 2.44 bits per heavy atom. The molecule has 1 spiro atoms. The van der Waals surface area contributed by atoms with E-state index in [0.717, 1.165) is 22.5 Å². The fraction of sp³-hybridized carbons (Fsp3) is 0.692. The van der Waals surface area contributed by atoms with Crippen LogP contribution in [0, 0.1) is 11.3 Å². The molecule has 0 bridgehead atoms. The first-order valence-corrected chi connectivity index (χ1v) is 12.7. The molecular weight excluding hydrogens is 398 g/mol. The molecule has 3 aliphatic rings. The summed E-state index contributed by atoms with van der Waals surface area (Å²) in [4.78, 5) is 16.6. The van der Waals surface area contributed by atoms with Crippen molar-refractivity contribution in [2.45, 2.75) is 64.3 Å². The molecule has 1 saturated carbocycles. The van der Waals surface area contributed by atoms with Crippen molar-refractivity contribution < 1.29 is 4.79 Å². The van der Waals surface area contributed by atoms with Gasteiger partial charge in [-0.05, 0) is 114 Å². The van der Waals surface area contributed by atoms with E-state index in [-0.39, 0.29) is 5.91 Å². The van der Waals surface area contributed by atoms with Gasteiger partial charge in [-0.3, -0.25) is 9.48 Å². The van der Waals surface area contributed by atoms with Gasteiger partial charge < -0.3 is 15.1 Å². The van der Waals surface area contributed by atoms with Crippen LogP contribution in [0.2, 0.25) is 0 Å². The number of aromatic nitrogens is 2. The molecule has 6 heteroatoms. The van der Waals surface area contributed by atoms with Crippen LogP contribution >= 0.6 is 0 Å². The van der Waals surface area contributed by atoms with Gasteiger partial charge in [0, 0.05) is 30.7 Å². The summed E-state index contributed by atoms with van der Waals surface area (Å²) < 4.78 is 2.18. The standard InChI is InChI=1S/C26H39N5O/c1-20(32)27-23-5-8-25-22(17-23)19-31(28-25)24-6-3-21(4-7-24)18-30-15-11-26(12-16-30)9-13-29(2)14-10-26/h5,8,17,19,21,24H,3-4,6-7,9-16,18H2,1-2H3,(H,27,32). The highest BCUT2D eigenvalue weighted by atomic mass is 16.1. The molecule has 0 radical (unpaired) electrons. The number of piperidine rings is 2. The number of hydrogen-bond donors (Lipinski definition) is 1. The predicted octanol–water partition coefficient (Wildman–Crippen LogP) is 4.53. The van der Waals surface area contributed by atoms with Crippen molar-refractivity contribution in [2.75, 3.05) is 45.1 Å². The molecular formula is C26H39N5O. The molecule has 0 atom stereocenters. The lowest BCUT2D eigenvalue weighted by molar-refractivity contribution is -0.114. The Morgan fingerprint density at radius 2 is 1.75 bits per heavy atom. The van der Waals surface area contributed by atoms with Crippen molar-refractivity contribution in [3.05, 3.63) is 24.4 Å². The number of fused-ring (bicyclic) bond motifs is 1. The average Bonchev–Trinajstić information content (AvgIpc) is 3.21. The third-order valence-corrected chi connectivity index (χ3v) is 8.51. The number of benzene rings is 1. The minimum atomic E-state index is -0.0368. The van der Waals surface area contributed by atoms with Crippen LogP contribution in [-0.4, -0.2) is 65.3 Å². The second-order valence-corrected chi connectivity index (χ2v) is 10.8. The zero-order valence-electron chi connectivity index (χ0n) is 19.9. The van der Waals surface area contributed by atoms with Crippen LogP contribution in [0.5, 0.6) is 0 Å². The van der Waals surface area contributed by atoms with Gasteiger partial charge in [0.05, 0.1) is 11.6 Å². The van der Waals surface area contributed by atoms with Gasteiger partial charge in [-0.15, -0.1) is 0 Å². The zero-order chi connectivity index (χ0) is 22.1. The maximum atomic E-state index is 11.3. The number of likely N-dealkylation sites (tertiary alicyclic amines) is 2. The summed E-state index contributed by atoms with van der Waals surface area (Å²) in [6, 6.07) is 6.48. The minimum absolute atomic E-state index is 0.0368. The molecule has 32 heavy (non-hydrogen) atoms. The number of carbonyl (C=O) groups excluding carboxylic acids is 1. The van der Waals surface area contributed by atoms with Crippen LogP contribution in [0.4, 0.5) is 5.69 Å². The third kappa shape index (κ3) is 4.86. The van der Waals surface area contributed by atoms with E-state index < -0.39 is 0 Å². The molecule has 6 nitrogen and oxygen atoms in total. The van der Waals surface area contributed by atoms with Crippen LogP contribution in [-0.2, 0) is 4.79 Å². The number of nitrogens with one attached hydrogen (secondary N) is 1. The number of hydrogen-bond acceptors (Lipinski definition) is 4. The molecule has 1 aromatic heterocycles. The normalized spacial score (nSPS) is 27.1. The highest BCUT2D eigenvalue weighted by molar-refractivity contribution is 5.92.